The van der Waals surface area contributed by atoms with E-state index >= 15 is 0 Å². The van der Waals surface area contributed by atoms with Gasteiger partial charge >= 0.3 is 5.97 Å². The van der Waals surface area contributed by atoms with Gasteiger partial charge in [0.2, 0.25) is 0 Å². The van der Waals surface area contributed by atoms with E-state index in [1.165, 1.54) is 32.1 Å². The number of phenolic OH excluding ortho intramolecular Hbond substituents is 1. The average molecular weight is 348 g/mol. The fraction of sp³-hybridized carbons (Fsp3) is 0.550. The van der Waals surface area contributed by atoms with E-state index in [0.717, 1.165) is 18.4 Å². The number of benzene rings is 1. The van der Waals surface area contributed by atoms with E-state index in [9.17, 15) is 15.0 Å². The smallest absolute Gasteiger partial charge is 0.328 e. The Morgan fingerprint density at radius 3 is 2.40 bits per heavy atom. The lowest BCUT2D eigenvalue weighted by molar-refractivity contribution is -0.131. The van der Waals surface area contributed by atoms with Crippen LogP contribution in [-0.4, -0.2) is 34.5 Å². The summed E-state index contributed by atoms with van der Waals surface area (Å²) in [4.78, 5) is 10.2. The highest BCUT2D eigenvalue weighted by atomic mass is 16.5. The molecule has 2 bridgehead atoms. The van der Waals surface area contributed by atoms with Gasteiger partial charge in [-0.15, -0.1) is 0 Å². The summed E-state index contributed by atoms with van der Waals surface area (Å²) in [6.45, 7) is 6.90. The molecule has 0 amide bonds. The topological polar surface area (TPSA) is 87.0 Å². The fourth-order valence-electron chi connectivity index (χ4n) is 4.13. The van der Waals surface area contributed by atoms with Crippen molar-refractivity contribution in [3.8, 4) is 11.5 Å². The van der Waals surface area contributed by atoms with Crippen molar-refractivity contribution in [1.29, 1.82) is 0 Å². The third-order valence-electron chi connectivity index (χ3n) is 6.37. The molecule has 0 aromatic heterocycles. The Hall–Kier alpha value is -2.01. The Kier molecular flexibility index (Phi) is 5.47. The maximum atomic E-state index is 10.2. The molecule has 1 aromatic carbocycles. The zero-order valence-electron chi connectivity index (χ0n) is 15.3. The molecule has 2 saturated carbocycles. The number of aliphatic hydroxyl groups excluding tert-OH is 1. The molecule has 0 spiro atoms. The number of carboxylic acid groups (broad SMARTS) is 1. The Balaban J connectivity index is 0.000000185. The molecule has 2 aliphatic rings. The van der Waals surface area contributed by atoms with E-state index in [4.69, 9.17) is 9.84 Å². The molecule has 2 aliphatic carbocycles. The van der Waals surface area contributed by atoms with Crippen LogP contribution >= 0.6 is 0 Å². The van der Waals surface area contributed by atoms with Crippen molar-refractivity contribution in [3.05, 3.63) is 29.8 Å². The quantitative estimate of drug-likeness (QED) is 0.725. The van der Waals surface area contributed by atoms with Gasteiger partial charge in [-0.2, -0.15) is 0 Å². The Bertz CT molecular complexity index is 664. The molecule has 0 heterocycles. The maximum Gasteiger partial charge on any atom is 0.328 e. The molecule has 3 rings (SSSR count). The summed E-state index contributed by atoms with van der Waals surface area (Å²) < 4.78 is 4.86. The fourth-order valence-corrected chi connectivity index (χ4v) is 4.13. The van der Waals surface area contributed by atoms with Gasteiger partial charge in [0.25, 0.3) is 0 Å². The second kappa shape index (κ2) is 7.08. The lowest BCUT2D eigenvalue weighted by Crippen LogP contribution is -2.35. The van der Waals surface area contributed by atoms with Crippen LogP contribution in [0.5, 0.6) is 11.5 Å². The largest absolute Gasteiger partial charge is 0.504 e. The minimum Gasteiger partial charge on any atom is -0.504 e. The predicted octanol–water partition coefficient (Wildman–Crippen LogP) is 3.69. The van der Waals surface area contributed by atoms with Crippen LogP contribution in [0.15, 0.2) is 24.3 Å². The van der Waals surface area contributed by atoms with Crippen molar-refractivity contribution in [2.24, 2.45) is 16.7 Å². The molecule has 1 aromatic rings. The van der Waals surface area contributed by atoms with Crippen LogP contribution in [0.25, 0.3) is 6.08 Å². The minimum absolute atomic E-state index is 0.0278. The zero-order valence-corrected chi connectivity index (χ0v) is 15.3. The van der Waals surface area contributed by atoms with Crippen molar-refractivity contribution in [3.63, 3.8) is 0 Å². The van der Waals surface area contributed by atoms with Gasteiger partial charge in [-0.25, -0.2) is 4.79 Å². The predicted molar refractivity (Wildman–Crippen MR) is 96.6 cm³/mol. The number of phenols is 1. The van der Waals surface area contributed by atoms with Crippen molar-refractivity contribution in [2.45, 2.75) is 46.1 Å². The number of aromatic hydroxyl groups is 1. The van der Waals surface area contributed by atoms with Crippen LogP contribution in [0.1, 0.15) is 45.6 Å². The van der Waals surface area contributed by atoms with E-state index in [1.807, 2.05) is 0 Å². The van der Waals surface area contributed by atoms with Gasteiger partial charge in [0.05, 0.1) is 13.2 Å². The number of aliphatic hydroxyl groups is 1. The van der Waals surface area contributed by atoms with Crippen molar-refractivity contribution < 1.29 is 24.9 Å². The number of hydrogen-bond acceptors (Lipinski definition) is 4. The van der Waals surface area contributed by atoms with Crippen LogP contribution in [0.3, 0.4) is 0 Å². The van der Waals surface area contributed by atoms with Gasteiger partial charge in [0.15, 0.2) is 11.5 Å². The van der Waals surface area contributed by atoms with Crippen molar-refractivity contribution in [2.75, 3.05) is 7.11 Å². The first-order valence-corrected chi connectivity index (χ1v) is 8.58. The first-order chi connectivity index (χ1) is 11.6. The first kappa shape index (κ1) is 19.3. The van der Waals surface area contributed by atoms with Crippen LogP contribution < -0.4 is 4.74 Å². The van der Waals surface area contributed by atoms with Gasteiger partial charge in [-0.3, -0.25) is 0 Å². The maximum absolute atomic E-state index is 10.2. The standard InChI is InChI=1S/C10H10O4.C10H18O/c1-14-9-6-7(2-4-8(9)11)3-5-10(12)13;1-9(2)7-4-5-10(9,3)8(11)6-7/h2-6,11H,1H3,(H,12,13);7-8,11H,4-6H2,1-3H3/t;7-,8+,10-/m.1/s1. The molecule has 5 nitrogen and oxygen atoms in total. The van der Waals surface area contributed by atoms with Gasteiger partial charge in [0, 0.05) is 6.08 Å². The van der Waals surface area contributed by atoms with Gasteiger partial charge in [0.1, 0.15) is 0 Å². The van der Waals surface area contributed by atoms with E-state index < -0.39 is 5.97 Å². The molecule has 25 heavy (non-hydrogen) atoms. The van der Waals surface area contributed by atoms with Gasteiger partial charge in [-0.1, -0.05) is 26.8 Å². The van der Waals surface area contributed by atoms with Gasteiger partial charge < -0.3 is 20.1 Å². The van der Waals surface area contributed by atoms with Crippen LogP contribution in [0.2, 0.25) is 0 Å². The van der Waals surface area contributed by atoms with Crippen LogP contribution in [0.4, 0.5) is 0 Å². The number of carbonyl (C=O) groups is 1. The molecule has 138 valence electrons. The van der Waals surface area contributed by atoms with Crippen molar-refractivity contribution in [1.82, 2.24) is 0 Å². The Morgan fingerprint density at radius 2 is 2.00 bits per heavy atom. The average Bonchev–Trinajstić information content (AvgIpc) is 2.87. The van der Waals surface area contributed by atoms with E-state index in [1.54, 1.807) is 12.1 Å². The summed E-state index contributed by atoms with van der Waals surface area (Å²) in [5.74, 6) is 0.108. The van der Waals surface area contributed by atoms with Crippen LogP contribution in [-0.2, 0) is 4.79 Å². The molecule has 3 atom stereocenters. The lowest BCUT2D eigenvalue weighted by atomic mass is 9.70. The number of hydrogen-bond donors (Lipinski definition) is 3. The first-order valence-electron chi connectivity index (χ1n) is 8.58. The normalized spacial score (nSPS) is 29.3. The highest BCUT2D eigenvalue weighted by molar-refractivity contribution is 5.85. The summed E-state index contributed by atoms with van der Waals surface area (Å²) in [5, 5.41) is 27.4. The molecular weight excluding hydrogens is 320 g/mol. The molecule has 0 radical (unpaired) electrons. The molecule has 0 aliphatic heterocycles. The summed E-state index contributed by atoms with van der Waals surface area (Å²) in [6, 6.07) is 4.59. The monoisotopic (exact) mass is 348 g/mol. The van der Waals surface area contributed by atoms with E-state index in [2.05, 4.69) is 20.8 Å². The highest BCUT2D eigenvalue weighted by Gasteiger charge is 2.60. The van der Waals surface area contributed by atoms with Gasteiger partial charge in [-0.05, 0) is 59.8 Å². The minimum atomic E-state index is -1.02. The summed E-state index contributed by atoms with van der Waals surface area (Å²) in [5.41, 5.74) is 1.26. The van der Waals surface area contributed by atoms with Crippen molar-refractivity contribution >= 4 is 12.0 Å². The highest BCUT2D eigenvalue weighted by Crippen LogP contribution is 2.65. The second-order valence-corrected chi connectivity index (χ2v) is 7.73. The number of methoxy groups -OCH3 is 1. The summed E-state index contributed by atoms with van der Waals surface area (Å²) in [6.07, 6.45) is 6.02. The molecule has 0 saturated heterocycles. The number of rotatable bonds is 3. The summed E-state index contributed by atoms with van der Waals surface area (Å²) >= 11 is 0. The Morgan fingerprint density at radius 1 is 1.32 bits per heavy atom. The number of aliphatic carboxylic acids is 1. The second-order valence-electron chi connectivity index (χ2n) is 7.73. The molecular formula is C20H28O5. The number of fused-ring (bicyclic) bond motifs is 2. The third kappa shape index (κ3) is 3.66. The molecule has 2 fully saturated rings. The van der Waals surface area contributed by atoms with Crippen LogP contribution in [0, 0.1) is 16.7 Å². The number of ether oxygens (including phenoxy) is 1. The lowest BCUT2D eigenvalue weighted by Gasteiger charge is -2.36. The molecule has 3 N–H and O–H groups in total. The number of carboxylic acids is 1. The SMILES string of the molecule is CC1(C)[C@@H]2CC[C@]1(C)[C@@H](O)C2.COc1cc(C=CC(=O)O)ccc1O. The van der Waals surface area contributed by atoms with E-state index in [0.29, 0.717) is 16.7 Å². The molecule has 0 unspecified atom stereocenters. The summed E-state index contributed by atoms with van der Waals surface area (Å²) in [7, 11) is 1.43. The molecule has 5 heteroatoms. The van der Waals surface area contributed by atoms with E-state index in [-0.39, 0.29) is 17.3 Å². The Labute approximate surface area is 149 Å². The third-order valence-corrected chi connectivity index (χ3v) is 6.37. The zero-order chi connectivity index (χ0) is 18.8.